The van der Waals surface area contributed by atoms with Crippen LogP contribution in [-0.2, 0) is 0 Å². The van der Waals surface area contributed by atoms with E-state index in [0.717, 1.165) is 16.8 Å². The van der Waals surface area contributed by atoms with E-state index >= 15 is 0 Å². The van der Waals surface area contributed by atoms with Crippen LogP contribution in [0.3, 0.4) is 0 Å². The highest BCUT2D eigenvalue weighted by Crippen LogP contribution is 2.16. The van der Waals surface area contributed by atoms with Crippen LogP contribution in [-0.4, -0.2) is 15.2 Å². The minimum absolute atomic E-state index is 1.02. The number of aromatic nitrogens is 3. The number of hydrogen-bond acceptors (Lipinski definition) is 2. The van der Waals surface area contributed by atoms with Crippen LogP contribution in [0.5, 0.6) is 0 Å². The van der Waals surface area contributed by atoms with Crippen LogP contribution in [0.4, 0.5) is 0 Å². The van der Waals surface area contributed by atoms with Gasteiger partial charge in [0.05, 0.1) is 6.20 Å². The van der Waals surface area contributed by atoms with Gasteiger partial charge in [-0.1, -0.05) is 0 Å². The Morgan fingerprint density at radius 2 is 2.25 bits per heavy atom. The Morgan fingerprint density at radius 3 is 2.92 bits per heavy atom. The van der Waals surface area contributed by atoms with Crippen molar-refractivity contribution < 1.29 is 0 Å². The fourth-order valence-electron chi connectivity index (χ4n) is 1.13. The third-order valence-electron chi connectivity index (χ3n) is 1.73. The number of nitrogens with one attached hydrogen (secondary N) is 1. The lowest BCUT2D eigenvalue weighted by molar-refractivity contribution is 1.09. The van der Waals surface area contributed by atoms with Crippen LogP contribution >= 0.6 is 0 Å². The lowest BCUT2D eigenvalue weighted by atomic mass is 10.1. The standard InChI is InChI=1S/C9H9N3/c1-7-4-8(2-3-10-7)9-5-11-12-6-9/h2-6H,1H3,(H,11,12). The molecule has 0 saturated heterocycles. The summed E-state index contributed by atoms with van der Waals surface area (Å²) in [5.41, 5.74) is 3.27. The topological polar surface area (TPSA) is 41.6 Å². The zero-order valence-corrected chi connectivity index (χ0v) is 6.78. The molecule has 2 aromatic rings. The van der Waals surface area contributed by atoms with Crippen molar-refractivity contribution in [2.75, 3.05) is 0 Å². The van der Waals surface area contributed by atoms with Crippen molar-refractivity contribution in [3.05, 3.63) is 36.4 Å². The number of rotatable bonds is 1. The minimum Gasteiger partial charge on any atom is -0.285 e. The summed E-state index contributed by atoms with van der Waals surface area (Å²) in [4.78, 5) is 4.12. The summed E-state index contributed by atoms with van der Waals surface area (Å²) in [7, 11) is 0. The molecule has 0 unspecified atom stereocenters. The van der Waals surface area contributed by atoms with Crippen molar-refractivity contribution >= 4 is 0 Å². The van der Waals surface area contributed by atoms with Gasteiger partial charge in [0.2, 0.25) is 0 Å². The third kappa shape index (κ3) is 1.21. The number of aryl methyl sites for hydroxylation is 1. The highest BCUT2D eigenvalue weighted by atomic mass is 15.1. The van der Waals surface area contributed by atoms with Gasteiger partial charge in [-0.25, -0.2) is 0 Å². The van der Waals surface area contributed by atoms with Crippen molar-refractivity contribution in [1.29, 1.82) is 0 Å². The molecule has 0 fully saturated rings. The molecule has 0 aromatic carbocycles. The quantitative estimate of drug-likeness (QED) is 0.689. The van der Waals surface area contributed by atoms with Crippen molar-refractivity contribution in [1.82, 2.24) is 15.2 Å². The van der Waals surface area contributed by atoms with Crippen molar-refractivity contribution in [2.24, 2.45) is 0 Å². The monoisotopic (exact) mass is 159 g/mol. The molecule has 0 radical (unpaired) electrons. The summed E-state index contributed by atoms with van der Waals surface area (Å²) in [6, 6.07) is 4.00. The fraction of sp³-hybridized carbons (Fsp3) is 0.111. The van der Waals surface area contributed by atoms with E-state index in [-0.39, 0.29) is 0 Å². The Morgan fingerprint density at radius 1 is 1.33 bits per heavy atom. The van der Waals surface area contributed by atoms with Gasteiger partial charge in [-0.2, -0.15) is 5.10 Å². The van der Waals surface area contributed by atoms with Gasteiger partial charge >= 0.3 is 0 Å². The maximum Gasteiger partial charge on any atom is 0.0565 e. The zero-order valence-electron chi connectivity index (χ0n) is 6.78. The molecule has 3 heteroatoms. The molecule has 0 bridgehead atoms. The van der Waals surface area contributed by atoms with Crippen molar-refractivity contribution in [3.8, 4) is 11.1 Å². The molecular formula is C9H9N3. The van der Waals surface area contributed by atoms with Gasteiger partial charge in [0.15, 0.2) is 0 Å². The largest absolute Gasteiger partial charge is 0.285 e. The molecule has 60 valence electrons. The highest BCUT2D eigenvalue weighted by Gasteiger charge is 1.97. The number of pyridine rings is 1. The van der Waals surface area contributed by atoms with Crippen molar-refractivity contribution in [3.63, 3.8) is 0 Å². The maximum absolute atomic E-state index is 4.12. The molecular weight excluding hydrogens is 150 g/mol. The van der Waals surface area contributed by atoms with Gasteiger partial charge in [0.1, 0.15) is 0 Å². The number of H-pyrrole nitrogens is 1. The number of aromatic amines is 1. The zero-order chi connectivity index (χ0) is 8.39. The predicted octanol–water partition coefficient (Wildman–Crippen LogP) is 1.78. The fourth-order valence-corrected chi connectivity index (χ4v) is 1.13. The lowest BCUT2D eigenvalue weighted by Gasteiger charge is -1.96. The van der Waals surface area contributed by atoms with E-state index in [9.17, 15) is 0 Å². The summed E-state index contributed by atoms with van der Waals surface area (Å²) >= 11 is 0. The van der Waals surface area contributed by atoms with Gasteiger partial charge in [-0.3, -0.25) is 10.1 Å². The summed E-state index contributed by atoms with van der Waals surface area (Å²) < 4.78 is 0. The van der Waals surface area contributed by atoms with E-state index in [0.29, 0.717) is 0 Å². The Hall–Kier alpha value is -1.64. The minimum atomic E-state index is 1.02. The molecule has 0 aliphatic rings. The molecule has 2 heterocycles. The first-order valence-electron chi connectivity index (χ1n) is 3.78. The SMILES string of the molecule is Cc1cc(-c2cn[nH]c2)ccn1. The highest BCUT2D eigenvalue weighted by molar-refractivity contribution is 5.61. The van der Waals surface area contributed by atoms with Gasteiger partial charge in [-0.05, 0) is 24.6 Å². The first kappa shape index (κ1) is 7.03. The molecule has 0 amide bonds. The summed E-state index contributed by atoms with van der Waals surface area (Å²) in [6.07, 6.45) is 5.47. The molecule has 1 N–H and O–H groups in total. The Labute approximate surface area is 70.5 Å². The maximum atomic E-state index is 4.12. The lowest BCUT2D eigenvalue weighted by Crippen LogP contribution is -1.80. The average Bonchev–Trinajstić information content (AvgIpc) is 2.56. The second-order valence-electron chi connectivity index (χ2n) is 2.67. The third-order valence-corrected chi connectivity index (χ3v) is 1.73. The molecule has 12 heavy (non-hydrogen) atoms. The second kappa shape index (κ2) is 2.77. The molecule has 3 nitrogen and oxygen atoms in total. The predicted molar refractivity (Wildman–Crippen MR) is 46.6 cm³/mol. The van der Waals surface area contributed by atoms with E-state index in [4.69, 9.17) is 0 Å². The van der Waals surface area contributed by atoms with E-state index in [1.165, 1.54) is 0 Å². The average molecular weight is 159 g/mol. The van der Waals surface area contributed by atoms with Crippen LogP contribution in [0.25, 0.3) is 11.1 Å². The summed E-state index contributed by atoms with van der Waals surface area (Å²) in [5, 5.41) is 6.66. The smallest absolute Gasteiger partial charge is 0.0565 e. The van der Waals surface area contributed by atoms with Gasteiger partial charge in [-0.15, -0.1) is 0 Å². The van der Waals surface area contributed by atoms with Gasteiger partial charge in [0.25, 0.3) is 0 Å². The number of nitrogens with zero attached hydrogens (tertiary/aromatic N) is 2. The van der Waals surface area contributed by atoms with Gasteiger partial charge in [0, 0.05) is 23.7 Å². The van der Waals surface area contributed by atoms with Crippen LogP contribution in [0, 0.1) is 6.92 Å². The molecule has 0 aliphatic carbocycles. The number of hydrogen-bond donors (Lipinski definition) is 1. The second-order valence-corrected chi connectivity index (χ2v) is 2.67. The van der Waals surface area contributed by atoms with E-state index in [1.807, 2.05) is 25.3 Å². The molecule has 2 rings (SSSR count). The first-order valence-corrected chi connectivity index (χ1v) is 3.78. The van der Waals surface area contributed by atoms with E-state index in [1.54, 1.807) is 12.4 Å². The van der Waals surface area contributed by atoms with Crippen LogP contribution in [0.2, 0.25) is 0 Å². The molecule has 2 aromatic heterocycles. The van der Waals surface area contributed by atoms with E-state index in [2.05, 4.69) is 15.2 Å². The molecule has 0 spiro atoms. The Balaban J connectivity index is 2.48. The molecule has 0 atom stereocenters. The Kier molecular flexibility index (Phi) is 1.63. The van der Waals surface area contributed by atoms with Crippen molar-refractivity contribution in [2.45, 2.75) is 6.92 Å². The van der Waals surface area contributed by atoms with Gasteiger partial charge < -0.3 is 0 Å². The molecule has 0 saturated carbocycles. The van der Waals surface area contributed by atoms with Crippen LogP contribution in [0.1, 0.15) is 5.69 Å². The Bertz CT molecular complexity index is 365. The summed E-state index contributed by atoms with van der Waals surface area (Å²) in [6.45, 7) is 1.98. The first-order chi connectivity index (χ1) is 5.86. The summed E-state index contributed by atoms with van der Waals surface area (Å²) in [5.74, 6) is 0. The van der Waals surface area contributed by atoms with Crippen LogP contribution in [0.15, 0.2) is 30.7 Å². The normalized spacial score (nSPS) is 10.1. The van der Waals surface area contributed by atoms with E-state index < -0.39 is 0 Å². The molecule has 0 aliphatic heterocycles. The van der Waals surface area contributed by atoms with Crippen LogP contribution < -0.4 is 0 Å².